The molecular weight excluding hydrogens is 202 g/mol. The van der Waals surface area contributed by atoms with Gasteiger partial charge in [0.2, 0.25) is 5.91 Å². The Labute approximate surface area is 98.8 Å². The van der Waals surface area contributed by atoms with Gasteiger partial charge in [-0.3, -0.25) is 4.79 Å². The van der Waals surface area contributed by atoms with Gasteiger partial charge in [-0.1, -0.05) is 20.8 Å². The maximum atomic E-state index is 12.2. The number of rotatable bonds is 1. The van der Waals surface area contributed by atoms with Gasteiger partial charge in [0.15, 0.2) is 0 Å². The molecule has 0 aromatic carbocycles. The summed E-state index contributed by atoms with van der Waals surface area (Å²) in [6.07, 6.45) is 1.04. The second-order valence-electron chi connectivity index (χ2n) is 5.83. The fourth-order valence-corrected chi connectivity index (χ4v) is 1.83. The Morgan fingerprint density at radius 1 is 1.19 bits per heavy atom. The summed E-state index contributed by atoms with van der Waals surface area (Å²) in [4.78, 5) is 16.4. The lowest BCUT2D eigenvalue weighted by Gasteiger charge is -2.31. The quantitative estimate of drug-likeness (QED) is 0.710. The molecule has 0 spiro atoms. The lowest BCUT2D eigenvalue weighted by atomic mass is 9.86. The van der Waals surface area contributed by atoms with Crippen LogP contribution in [0.5, 0.6) is 0 Å². The highest BCUT2D eigenvalue weighted by molar-refractivity contribution is 5.82. The van der Waals surface area contributed by atoms with Crippen molar-refractivity contribution in [2.75, 3.05) is 33.2 Å². The zero-order valence-corrected chi connectivity index (χ0v) is 11.0. The number of nitrogens with two attached hydrogens (primary N) is 1. The molecule has 1 amide bonds. The van der Waals surface area contributed by atoms with E-state index in [1.807, 2.05) is 25.7 Å². The fraction of sp³-hybridized carbons (Fsp3) is 0.917. The van der Waals surface area contributed by atoms with Crippen molar-refractivity contribution in [3.63, 3.8) is 0 Å². The minimum absolute atomic E-state index is 0.0998. The van der Waals surface area contributed by atoms with Crippen LogP contribution in [-0.4, -0.2) is 55.0 Å². The Morgan fingerprint density at radius 2 is 1.81 bits per heavy atom. The van der Waals surface area contributed by atoms with Gasteiger partial charge in [0.1, 0.15) is 0 Å². The van der Waals surface area contributed by atoms with Gasteiger partial charge in [-0.15, -0.1) is 0 Å². The number of hydrogen-bond acceptors (Lipinski definition) is 3. The molecule has 0 aromatic rings. The van der Waals surface area contributed by atoms with E-state index in [1.165, 1.54) is 0 Å². The number of carbonyl (C=O) groups is 1. The van der Waals surface area contributed by atoms with E-state index in [1.54, 1.807) is 0 Å². The maximum Gasteiger partial charge on any atom is 0.240 e. The predicted molar refractivity (Wildman–Crippen MR) is 66.1 cm³/mol. The lowest BCUT2D eigenvalue weighted by Crippen LogP contribution is -2.51. The molecule has 2 N–H and O–H groups in total. The van der Waals surface area contributed by atoms with Gasteiger partial charge in [0.05, 0.1) is 6.04 Å². The Hall–Kier alpha value is -0.610. The van der Waals surface area contributed by atoms with Gasteiger partial charge in [-0.25, -0.2) is 0 Å². The summed E-state index contributed by atoms with van der Waals surface area (Å²) >= 11 is 0. The SMILES string of the molecule is CN1CCCN(C(=O)C(N)C(C)(C)C)CC1. The molecule has 1 saturated heterocycles. The van der Waals surface area contributed by atoms with Crippen molar-refractivity contribution in [3.05, 3.63) is 0 Å². The molecule has 1 fully saturated rings. The van der Waals surface area contributed by atoms with Crippen LogP contribution in [0.15, 0.2) is 0 Å². The zero-order valence-electron chi connectivity index (χ0n) is 11.0. The van der Waals surface area contributed by atoms with E-state index in [0.717, 1.165) is 32.6 Å². The minimum Gasteiger partial charge on any atom is -0.340 e. The second-order valence-corrected chi connectivity index (χ2v) is 5.83. The topological polar surface area (TPSA) is 49.6 Å². The Kier molecular flexibility index (Phi) is 4.33. The molecule has 4 nitrogen and oxygen atoms in total. The van der Waals surface area contributed by atoms with Crippen molar-refractivity contribution in [3.8, 4) is 0 Å². The van der Waals surface area contributed by atoms with Crippen LogP contribution in [0.4, 0.5) is 0 Å². The van der Waals surface area contributed by atoms with Gasteiger partial charge >= 0.3 is 0 Å². The van der Waals surface area contributed by atoms with E-state index in [-0.39, 0.29) is 11.3 Å². The Bertz CT molecular complexity index is 247. The van der Waals surface area contributed by atoms with Crippen LogP contribution >= 0.6 is 0 Å². The molecule has 16 heavy (non-hydrogen) atoms. The first-order chi connectivity index (χ1) is 7.32. The van der Waals surface area contributed by atoms with Crippen LogP contribution in [0.3, 0.4) is 0 Å². The first-order valence-electron chi connectivity index (χ1n) is 6.05. The van der Waals surface area contributed by atoms with E-state index < -0.39 is 6.04 Å². The molecule has 94 valence electrons. The molecule has 1 atom stereocenters. The summed E-state index contributed by atoms with van der Waals surface area (Å²) in [6.45, 7) is 9.70. The largest absolute Gasteiger partial charge is 0.340 e. The molecule has 1 heterocycles. The van der Waals surface area contributed by atoms with Crippen molar-refractivity contribution >= 4 is 5.91 Å². The molecule has 0 aromatic heterocycles. The zero-order chi connectivity index (χ0) is 12.3. The Morgan fingerprint density at radius 3 is 2.38 bits per heavy atom. The highest BCUT2D eigenvalue weighted by atomic mass is 16.2. The normalized spacial score (nSPS) is 21.7. The highest BCUT2D eigenvalue weighted by Gasteiger charge is 2.31. The molecule has 4 heteroatoms. The average molecular weight is 227 g/mol. The van der Waals surface area contributed by atoms with Gasteiger partial charge in [0.25, 0.3) is 0 Å². The molecule has 1 rings (SSSR count). The molecule has 1 aliphatic heterocycles. The van der Waals surface area contributed by atoms with Crippen LogP contribution in [0.2, 0.25) is 0 Å². The maximum absolute atomic E-state index is 12.2. The van der Waals surface area contributed by atoms with Crippen molar-refractivity contribution in [2.24, 2.45) is 11.1 Å². The van der Waals surface area contributed by atoms with Crippen LogP contribution in [0.1, 0.15) is 27.2 Å². The van der Waals surface area contributed by atoms with Gasteiger partial charge < -0.3 is 15.5 Å². The molecule has 0 aliphatic carbocycles. The van der Waals surface area contributed by atoms with Gasteiger partial charge in [-0.2, -0.15) is 0 Å². The summed E-state index contributed by atoms with van der Waals surface area (Å²) in [5.74, 6) is 0.0998. The van der Waals surface area contributed by atoms with Gasteiger partial charge in [0, 0.05) is 19.6 Å². The Balaban J connectivity index is 2.60. The highest BCUT2D eigenvalue weighted by Crippen LogP contribution is 2.19. The molecule has 1 unspecified atom stereocenters. The fourth-order valence-electron chi connectivity index (χ4n) is 1.83. The number of amides is 1. The number of carbonyl (C=O) groups excluding carboxylic acids is 1. The predicted octanol–water partition coefficient (Wildman–Crippen LogP) is 0.524. The minimum atomic E-state index is -0.393. The first kappa shape index (κ1) is 13.5. The van der Waals surface area contributed by atoms with Crippen LogP contribution in [0, 0.1) is 5.41 Å². The molecular formula is C12H25N3O. The average Bonchev–Trinajstić information content (AvgIpc) is 2.39. The van der Waals surface area contributed by atoms with E-state index in [4.69, 9.17) is 5.73 Å². The monoisotopic (exact) mass is 227 g/mol. The summed E-state index contributed by atoms with van der Waals surface area (Å²) in [5, 5.41) is 0. The molecule has 0 saturated carbocycles. The van der Waals surface area contributed by atoms with Crippen LogP contribution in [-0.2, 0) is 4.79 Å². The third-order valence-corrected chi connectivity index (χ3v) is 3.23. The van der Waals surface area contributed by atoms with E-state index in [0.29, 0.717) is 0 Å². The van der Waals surface area contributed by atoms with Crippen molar-refractivity contribution < 1.29 is 4.79 Å². The third kappa shape index (κ3) is 3.46. The number of nitrogens with zero attached hydrogens (tertiary/aromatic N) is 2. The van der Waals surface area contributed by atoms with Crippen molar-refractivity contribution in [1.82, 2.24) is 9.80 Å². The van der Waals surface area contributed by atoms with E-state index in [2.05, 4.69) is 11.9 Å². The third-order valence-electron chi connectivity index (χ3n) is 3.23. The lowest BCUT2D eigenvalue weighted by molar-refractivity contribution is -0.134. The molecule has 0 bridgehead atoms. The smallest absolute Gasteiger partial charge is 0.240 e. The second kappa shape index (κ2) is 5.15. The molecule has 1 aliphatic rings. The van der Waals surface area contributed by atoms with Gasteiger partial charge in [-0.05, 0) is 25.4 Å². The van der Waals surface area contributed by atoms with Crippen LogP contribution < -0.4 is 5.73 Å². The summed E-state index contributed by atoms with van der Waals surface area (Å²) < 4.78 is 0. The number of likely N-dealkylation sites (N-methyl/N-ethyl adjacent to an activating group) is 1. The van der Waals surface area contributed by atoms with Crippen LogP contribution in [0.25, 0.3) is 0 Å². The standard InChI is InChI=1S/C12H25N3O/c1-12(2,3)10(13)11(16)15-7-5-6-14(4)8-9-15/h10H,5-9,13H2,1-4H3. The van der Waals surface area contributed by atoms with E-state index in [9.17, 15) is 4.79 Å². The van der Waals surface area contributed by atoms with Crippen molar-refractivity contribution in [1.29, 1.82) is 0 Å². The van der Waals surface area contributed by atoms with Crippen molar-refractivity contribution in [2.45, 2.75) is 33.2 Å². The van der Waals surface area contributed by atoms with E-state index >= 15 is 0 Å². The molecule has 0 radical (unpaired) electrons. The summed E-state index contributed by atoms with van der Waals surface area (Å²) in [7, 11) is 2.09. The number of hydrogen-bond donors (Lipinski definition) is 1. The summed E-state index contributed by atoms with van der Waals surface area (Å²) in [5.41, 5.74) is 5.85. The summed E-state index contributed by atoms with van der Waals surface area (Å²) in [6, 6.07) is -0.393. The first-order valence-corrected chi connectivity index (χ1v) is 6.05.